The molecule has 0 unspecified atom stereocenters. The monoisotopic (exact) mass is 263 g/mol. The summed E-state index contributed by atoms with van der Waals surface area (Å²) in [6.45, 7) is 2.81. The second-order valence-electron chi connectivity index (χ2n) is 3.60. The largest absolute Gasteiger partial charge is 0.487 e. The predicted molar refractivity (Wildman–Crippen MR) is 64.9 cm³/mol. The lowest BCUT2D eigenvalue weighted by molar-refractivity contribution is 0.0814. The lowest BCUT2D eigenvalue weighted by Crippen LogP contribution is -2.16. The van der Waals surface area contributed by atoms with Crippen LogP contribution >= 0.6 is 11.6 Å². The van der Waals surface area contributed by atoms with Crippen molar-refractivity contribution in [3.63, 3.8) is 0 Å². The number of nitrogens with one attached hydrogen (secondary N) is 1. The van der Waals surface area contributed by atoms with E-state index in [2.05, 4.69) is 5.32 Å². The van der Waals surface area contributed by atoms with Gasteiger partial charge in [0, 0.05) is 17.1 Å². The molecule has 0 aliphatic heterocycles. The lowest BCUT2D eigenvalue weighted by Gasteiger charge is -2.13. The van der Waals surface area contributed by atoms with E-state index in [1.165, 1.54) is 0 Å². The molecule has 0 fully saturated rings. The van der Waals surface area contributed by atoms with Crippen LogP contribution in [-0.2, 0) is 6.54 Å². The van der Waals surface area contributed by atoms with E-state index in [0.29, 0.717) is 17.3 Å². The highest BCUT2D eigenvalue weighted by atomic mass is 35.5. The van der Waals surface area contributed by atoms with Crippen molar-refractivity contribution < 1.29 is 13.5 Å². The van der Waals surface area contributed by atoms with Crippen molar-refractivity contribution >= 4 is 11.6 Å². The zero-order chi connectivity index (χ0) is 12.7. The van der Waals surface area contributed by atoms with E-state index in [1.54, 1.807) is 18.2 Å². The van der Waals surface area contributed by atoms with E-state index in [-0.39, 0.29) is 0 Å². The number of hydrogen-bond acceptors (Lipinski definition) is 2. The minimum absolute atomic E-state index is 0.418. The summed E-state index contributed by atoms with van der Waals surface area (Å²) in [5.74, 6) is 0.418. The summed E-state index contributed by atoms with van der Waals surface area (Å²) in [4.78, 5) is 0. The van der Waals surface area contributed by atoms with E-state index < -0.39 is 13.0 Å². The predicted octanol–water partition coefficient (Wildman–Crippen LogP) is 3.48. The fraction of sp³-hybridized carbons (Fsp3) is 0.500. The molecule has 0 radical (unpaired) electrons. The van der Waals surface area contributed by atoms with Gasteiger partial charge < -0.3 is 10.1 Å². The molecule has 0 spiro atoms. The zero-order valence-electron chi connectivity index (χ0n) is 9.68. The minimum atomic E-state index is -2.48. The summed E-state index contributed by atoms with van der Waals surface area (Å²) in [7, 11) is 0. The van der Waals surface area contributed by atoms with Crippen molar-refractivity contribution in [3.8, 4) is 5.75 Å². The average Bonchev–Trinajstić information content (AvgIpc) is 2.29. The lowest BCUT2D eigenvalue weighted by atomic mass is 10.2. The van der Waals surface area contributed by atoms with Gasteiger partial charge in [0.1, 0.15) is 12.4 Å². The summed E-state index contributed by atoms with van der Waals surface area (Å²) in [6.07, 6.45) is -1.48. The second-order valence-corrected chi connectivity index (χ2v) is 4.00. The molecule has 5 heteroatoms. The fourth-order valence-electron chi connectivity index (χ4n) is 1.39. The van der Waals surface area contributed by atoms with Crippen molar-refractivity contribution in [1.29, 1.82) is 0 Å². The van der Waals surface area contributed by atoms with Crippen LogP contribution in [0, 0.1) is 0 Å². The SMILES string of the molecule is CCCNCc1c(Cl)cccc1OCC(F)F. The average molecular weight is 264 g/mol. The van der Waals surface area contributed by atoms with Crippen LogP contribution in [0.15, 0.2) is 18.2 Å². The van der Waals surface area contributed by atoms with Crippen LogP contribution in [0.2, 0.25) is 5.02 Å². The Kier molecular flexibility index (Phi) is 6.22. The van der Waals surface area contributed by atoms with Gasteiger partial charge in [-0.15, -0.1) is 0 Å². The number of alkyl halides is 2. The highest BCUT2D eigenvalue weighted by Crippen LogP contribution is 2.26. The molecule has 96 valence electrons. The second kappa shape index (κ2) is 7.45. The van der Waals surface area contributed by atoms with E-state index in [1.807, 2.05) is 6.92 Å². The third kappa shape index (κ3) is 4.88. The van der Waals surface area contributed by atoms with Crippen molar-refractivity contribution in [2.75, 3.05) is 13.2 Å². The van der Waals surface area contributed by atoms with Gasteiger partial charge in [0.2, 0.25) is 0 Å². The van der Waals surface area contributed by atoms with Gasteiger partial charge in [0.25, 0.3) is 6.43 Å². The molecular weight excluding hydrogens is 248 g/mol. The van der Waals surface area contributed by atoms with Crippen molar-refractivity contribution in [2.24, 2.45) is 0 Å². The Labute approximate surface area is 105 Å². The molecule has 1 aromatic rings. The first-order valence-corrected chi connectivity index (χ1v) is 5.92. The molecule has 0 amide bonds. The molecule has 2 nitrogen and oxygen atoms in total. The van der Waals surface area contributed by atoms with E-state index in [9.17, 15) is 8.78 Å². The first-order chi connectivity index (χ1) is 8.15. The summed E-state index contributed by atoms with van der Waals surface area (Å²) < 4.78 is 29.2. The van der Waals surface area contributed by atoms with Crippen LogP contribution < -0.4 is 10.1 Å². The van der Waals surface area contributed by atoms with Gasteiger partial charge in [-0.05, 0) is 25.1 Å². The normalized spacial score (nSPS) is 10.9. The van der Waals surface area contributed by atoms with E-state index in [4.69, 9.17) is 16.3 Å². The molecule has 0 bridgehead atoms. The Balaban J connectivity index is 2.69. The van der Waals surface area contributed by atoms with Crippen molar-refractivity contribution in [1.82, 2.24) is 5.32 Å². The molecule has 1 rings (SSSR count). The number of benzene rings is 1. The first kappa shape index (κ1) is 14.2. The number of rotatable bonds is 7. The quantitative estimate of drug-likeness (QED) is 0.761. The molecule has 0 saturated carbocycles. The van der Waals surface area contributed by atoms with Crippen LogP contribution in [0.5, 0.6) is 5.75 Å². The van der Waals surface area contributed by atoms with Gasteiger partial charge in [0.15, 0.2) is 0 Å². The van der Waals surface area contributed by atoms with Gasteiger partial charge in [-0.2, -0.15) is 0 Å². The molecule has 0 heterocycles. The maximum absolute atomic E-state index is 12.1. The van der Waals surface area contributed by atoms with Gasteiger partial charge >= 0.3 is 0 Å². The zero-order valence-corrected chi connectivity index (χ0v) is 10.4. The topological polar surface area (TPSA) is 21.3 Å². The van der Waals surface area contributed by atoms with Crippen LogP contribution in [0.3, 0.4) is 0 Å². The maximum Gasteiger partial charge on any atom is 0.272 e. The number of hydrogen-bond donors (Lipinski definition) is 1. The van der Waals surface area contributed by atoms with E-state index in [0.717, 1.165) is 18.5 Å². The van der Waals surface area contributed by atoms with E-state index >= 15 is 0 Å². The summed E-state index contributed by atoms with van der Waals surface area (Å²) in [5, 5.41) is 3.70. The molecule has 1 N–H and O–H groups in total. The first-order valence-electron chi connectivity index (χ1n) is 5.54. The van der Waals surface area contributed by atoms with Crippen LogP contribution in [0.1, 0.15) is 18.9 Å². The fourth-order valence-corrected chi connectivity index (χ4v) is 1.62. The molecule has 0 aliphatic carbocycles. The van der Waals surface area contributed by atoms with Gasteiger partial charge in [-0.25, -0.2) is 8.78 Å². The third-order valence-electron chi connectivity index (χ3n) is 2.17. The van der Waals surface area contributed by atoms with Crippen LogP contribution in [0.4, 0.5) is 8.78 Å². The Bertz CT molecular complexity index is 347. The summed E-state index contributed by atoms with van der Waals surface area (Å²) >= 11 is 6.02. The molecule has 17 heavy (non-hydrogen) atoms. The van der Waals surface area contributed by atoms with Crippen LogP contribution in [0.25, 0.3) is 0 Å². The van der Waals surface area contributed by atoms with Crippen molar-refractivity contribution in [3.05, 3.63) is 28.8 Å². The van der Waals surface area contributed by atoms with Crippen LogP contribution in [-0.4, -0.2) is 19.6 Å². The summed E-state index contributed by atoms with van der Waals surface area (Å²) in [5.41, 5.74) is 0.725. The van der Waals surface area contributed by atoms with Gasteiger partial charge in [0.05, 0.1) is 0 Å². The number of halogens is 3. The highest BCUT2D eigenvalue weighted by Gasteiger charge is 2.10. The Morgan fingerprint density at radius 2 is 2.18 bits per heavy atom. The molecule has 1 aromatic carbocycles. The Morgan fingerprint density at radius 3 is 2.82 bits per heavy atom. The highest BCUT2D eigenvalue weighted by molar-refractivity contribution is 6.31. The van der Waals surface area contributed by atoms with Gasteiger partial charge in [-0.3, -0.25) is 0 Å². The van der Waals surface area contributed by atoms with Crippen molar-refractivity contribution in [2.45, 2.75) is 26.3 Å². The molecule has 0 atom stereocenters. The maximum atomic E-state index is 12.1. The smallest absolute Gasteiger partial charge is 0.272 e. The third-order valence-corrected chi connectivity index (χ3v) is 2.52. The number of ether oxygens (including phenoxy) is 1. The Hall–Kier alpha value is -0.870. The van der Waals surface area contributed by atoms with Gasteiger partial charge in [-0.1, -0.05) is 24.6 Å². The summed E-state index contributed by atoms with van der Waals surface area (Å²) in [6, 6.07) is 5.06. The Morgan fingerprint density at radius 1 is 1.41 bits per heavy atom. The standard InChI is InChI=1S/C12H16ClF2NO/c1-2-6-16-7-9-10(13)4-3-5-11(9)17-8-12(14)15/h3-5,12,16H,2,6-8H2,1H3. The molecule has 0 aliphatic rings. The molecule has 0 saturated heterocycles. The molecule has 0 aromatic heterocycles. The molecular formula is C12H16ClF2NO. The minimum Gasteiger partial charge on any atom is -0.487 e.